The molecule has 2 aromatic carbocycles. The second-order valence-electron chi connectivity index (χ2n) is 4.31. The zero-order valence-electron chi connectivity index (χ0n) is 10.9. The molecule has 20 heavy (non-hydrogen) atoms. The van der Waals surface area contributed by atoms with E-state index in [4.69, 9.17) is 16.3 Å². The Morgan fingerprint density at radius 1 is 1.25 bits per heavy atom. The average Bonchev–Trinajstić information content (AvgIpc) is 2.41. The molecular formula is C15H14ClNO3. The third-order valence-corrected chi connectivity index (χ3v) is 2.95. The number of carbonyl (C=O) groups is 1. The number of halogens is 1. The van der Waals surface area contributed by atoms with Crippen LogP contribution in [0.15, 0.2) is 48.5 Å². The molecule has 4 nitrogen and oxygen atoms in total. The fourth-order valence-electron chi connectivity index (χ4n) is 1.67. The van der Waals surface area contributed by atoms with E-state index in [-0.39, 0.29) is 12.3 Å². The number of ether oxygens (including phenoxy) is 1. The minimum atomic E-state index is -0.518. The first-order valence-electron chi connectivity index (χ1n) is 6.01. The Morgan fingerprint density at radius 2 is 2.00 bits per heavy atom. The third-order valence-electron chi connectivity index (χ3n) is 2.71. The summed E-state index contributed by atoms with van der Waals surface area (Å²) in [6.07, 6.45) is -0.518. The molecule has 0 aliphatic rings. The molecule has 1 amide bonds. The van der Waals surface area contributed by atoms with E-state index in [2.05, 4.69) is 0 Å². The Bertz CT molecular complexity index is 616. The highest BCUT2D eigenvalue weighted by molar-refractivity contribution is 6.30. The maximum absolute atomic E-state index is 11.9. The van der Waals surface area contributed by atoms with Crippen molar-refractivity contribution in [3.8, 4) is 11.5 Å². The highest BCUT2D eigenvalue weighted by Crippen LogP contribution is 2.20. The van der Waals surface area contributed by atoms with Crippen LogP contribution >= 0.6 is 11.6 Å². The minimum Gasteiger partial charge on any atom is -0.508 e. The van der Waals surface area contributed by atoms with Gasteiger partial charge in [-0.3, -0.25) is 0 Å². The molecule has 0 saturated heterocycles. The third kappa shape index (κ3) is 3.65. The molecule has 0 aromatic heterocycles. The summed E-state index contributed by atoms with van der Waals surface area (Å²) < 4.78 is 5.19. The number of para-hydroxylation sites is 1. The van der Waals surface area contributed by atoms with Gasteiger partial charge < -0.3 is 14.7 Å². The summed E-state index contributed by atoms with van der Waals surface area (Å²) in [6, 6.07) is 13.5. The van der Waals surface area contributed by atoms with E-state index < -0.39 is 6.09 Å². The number of benzene rings is 2. The predicted octanol–water partition coefficient (Wildman–Crippen LogP) is 3.68. The second-order valence-corrected chi connectivity index (χ2v) is 4.75. The van der Waals surface area contributed by atoms with Crippen molar-refractivity contribution in [1.29, 1.82) is 0 Å². The molecule has 5 heteroatoms. The highest BCUT2D eigenvalue weighted by atomic mass is 35.5. The van der Waals surface area contributed by atoms with Crippen LogP contribution in [0.3, 0.4) is 0 Å². The lowest BCUT2D eigenvalue weighted by molar-refractivity contribution is 0.160. The lowest BCUT2D eigenvalue weighted by Gasteiger charge is -2.17. The highest BCUT2D eigenvalue weighted by Gasteiger charge is 2.13. The Kier molecular flexibility index (Phi) is 4.48. The maximum atomic E-state index is 11.9. The van der Waals surface area contributed by atoms with Gasteiger partial charge in [0.05, 0.1) is 6.54 Å². The molecule has 0 bridgehead atoms. The lowest BCUT2D eigenvalue weighted by atomic mass is 10.2. The van der Waals surface area contributed by atoms with Crippen molar-refractivity contribution in [3.63, 3.8) is 0 Å². The van der Waals surface area contributed by atoms with E-state index >= 15 is 0 Å². The number of phenolic OH excluding ortho intramolecular Hbond substituents is 1. The van der Waals surface area contributed by atoms with Gasteiger partial charge in [0.1, 0.15) is 11.5 Å². The molecule has 0 radical (unpaired) electrons. The van der Waals surface area contributed by atoms with Crippen molar-refractivity contribution in [2.45, 2.75) is 6.54 Å². The fraction of sp³-hybridized carbons (Fsp3) is 0.133. The van der Waals surface area contributed by atoms with Crippen molar-refractivity contribution in [2.24, 2.45) is 0 Å². The van der Waals surface area contributed by atoms with Crippen LogP contribution in [-0.4, -0.2) is 23.1 Å². The number of aromatic hydroxyl groups is 1. The number of amides is 1. The van der Waals surface area contributed by atoms with Crippen LogP contribution in [0.2, 0.25) is 5.02 Å². The van der Waals surface area contributed by atoms with Gasteiger partial charge in [0.15, 0.2) is 0 Å². The monoisotopic (exact) mass is 291 g/mol. The zero-order chi connectivity index (χ0) is 14.5. The Labute approximate surface area is 122 Å². The molecular weight excluding hydrogens is 278 g/mol. The van der Waals surface area contributed by atoms with E-state index in [1.165, 1.54) is 4.90 Å². The molecule has 2 rings (SSSR count). The van der Waals surface area contributed by atoms with Crippen molar-refractivity contribution in [3.05, 3.63) is 59.1 Å². The number of phenols is 1. The number of hydrogen-bond acceptors (Lipinski definition) is 3. The minimum absolute atomic E-state index is 0.148. The first-order valence-corrected chi connectivity index (χ1v) is 6.39. The maximum Gasteiger partial charge on any atom is 0.415 e. The van der Waals surface area contributed by atoms with Crippen LogP contribution in [0.4, 0.5) is 4.79 Å². The lowest BCUT2D eigenvalue weighted by Crippen LogP contribution is -2.29. The van der Waals surface area contributed by atoms with Gasteiger partial charge in [-0.25, -0.2) is 4.79 Å². The standard InChI is InChI=1S/C15H14ClNO3/c1-17(10-11-5-2-3-8-14(11)18)15(19)20-13-7-4-6-12(16)9-13/h2-9,18H,10H2,1H3. The molecule has 0 unspecified atom stereocenters. The fourth-order valence-corrected chi connectivity index (χ4v) is 1.85. The Hall–Kier alpha value is -2.20. The molecule has 0 fully saturated rings. The van der Waals surface area contributed by atoms with Crippen molar-refractivity contribution in [2.75, 3.05) is 7.05 Å². The summed E-state index contributed by atoms with van der Waals surface area (Å²) in [4.78, 5) is 13.3. The van der Waals surface area contributed by atoms with E-state index in [0.717, 1.165) is 0 Å². The van der Waals surface area contributed by atoms with Crippen LogP contribution in [0.25, 0.3) is 0 Å². The zero-order valence-corrected chi connectivity index (χ0v) is 11.7. The summed E-state index contributed by atoms with van der Waals surface area (Å²) in [7, 11) is 1.60. The van der Waals surface area contributed by atoms with E-state index in [1.54, 1.807) is 55.6 Å². The number of carbonyl (C=O) groups excluding carboxylic acids is 1. The molecule has 0 aliphatic heterocycles. The second kappa shape index (κ2) is 6.30. The summed E-state index contributed by atoms with van der Waals surface area (Å²) >= 11 is 5.82. The molecule has 0 aliphatic carbocycles. The van der Waals surface area contributed by atoms with Gasteiger partial charge in [0, 0.05) is 17.6 Å². The molecule has 0 saturated carbocycles. The van der Waals surface area contributed by atoms with Gasteiger partial charge in [-0.15, -0.1) is 0 Å². The van der Waals surface area contributed by atoms with Gasteiger partial charge in [-0.1, -0.05) is 35.9 Å². The SMILES string of the molecule is CN(Cc1ccccc1O)C(=O)Oc1cccc(Cl)c1. The topological polar surface area (TPSA) is 49.8 Å². The van der Waals surface area contributed by atoms with Crippen molar-refractivity contribution < 1.29 is 14.6 Å². The quantitative estimate of drug-likeness (QED) is 0.938. The van der Waals surface area contributed by atoms with Crippen LogP contribution in [0, 0.1) is 0 Å². The Balaban J connectivity index is 2.01. The predicted molar refractivity (Wildman–Crippen MR) is 77.0 cm³/mol. The molecule has 1 N–H and O–H groups in total. The van der Waals surface area contributed by atoms with Crippen molar-refractivity contribution >= 4 is 17.7 Å². The molecule has 0 atom stereocenters. The number of hydrogen-bond donors (Lipinski definition) is 1. The van der Waals surface area contributed by atoms with Gasteiger partial charge >= 0.3 is 6.09 Å². The average molecular weight is 292 g/mol. The van der Waals surface area contributed by atoms with Gasteiger partial charge in [0.2, 0.25) is 0 Å². The van der Waals surface area contributed by atoms with Gasteiger partial charge in [-0.05, 0) is 24.3 Å². The normalized spacial score (nSPS) is 10.1. The summed E-state index contributed by atoms with van der Waals surface area (Å²) in [5.74, 6) is 0.529. The molecule has 0 spiro atoms. The number of rotatable bonds is 3. The largest absolute Gasteiger partial charge is 0.508 e. The molecule has 2 aromatic rings. The summed E-state index contributed by atoms with van der Waals surface area (Å²) in [5, 5.41) is 10.2. The van der Waals surface area contributed by atoms with Gasteiger partial charge in [0.25, 0.3) is 0 Å². The number of nitrogens with zero attached hydrogens (tertiary/aromatic N) is 1. The summed E-state index contributed by atoms with van der Waals surface area (Å²) in [5.41, 5.74) is 0.651. The van der Waals surface area contributed by atoms with E-state index in [9.17, 15) is 9.90 Å². The smallest absolute Gasteiger partial charge is 0.415 e. The van der Waals surface area contributed by atoms with Crippen LogP contribution < -0.4 is 4.74 Å². The Morgan fingerprint density at radius 3 is 2.70 bits per heavy atom. The van der Waals surface area contributed by atoms with Crippen LogP contribution in [0.5, 0.6) is 11.5 Å². The first-order chi connectivity index (χ1) is 9.56. The van der Waals surface area contributed by atoms with E-state index in [0.29, 0.717) is 16.3 Å². The molecule has 0 heterocycles. The van der Waals surface area contributed by atoms with Crippen LogP contribution in [0.1, 0.15) is 5.56 Å². The van der Waals surface area contributed by atoms with Crippen molar-refractivity contribution in [1.82, 2.24) is 4.90 Å². The first kappa shape index (κ1) is 14.2. The van der Waals surface area contributed by atoms with Crippen LogP contribution in [-0.2, 0) is 6.54 Å². The van der Waals surface area contributed by atoms with Gasteiger partial charge in [-0.2, -0.15) is 0 Å². The van der Waals surface area contributed by atoms with E-state index in [1.807, 2.05) is 0 Å². The summed E-state index contributed by atoms with van der Waals surface area (Å²) in [6.45, 7) is 0.256. The molecule has 104 valence electrons.